The minimum atomic E-state index is 0.126. The molecule has 20 heavy (non-hydrogen) atoms. The molecule has 0 aliphatic carbocycles. The molecule has 0 heterocycles. The van der Waals surface area contributed by atoms with Gasteiger partial charge in [0.15, 0.2) is 0 Å². The van der Waals surface area contributed by atoms with Crippen LogP contribution in [0.5, 0.6) is 11.5 Å². The molecule has 0 aliphatic heterocycles. The zero-order valence-corrected chi connectivity index (χ0v) is 12.3. The molecule has 4 heteroatoms. The summed E-state index contributed by atoms with van der Waals surface area (Å²) in [6.45, 7) is 2.56. The molecule has 0 unspecified atom stereocenters. The van der Waals surface area contributed by atoms with Crippen molar-refractivity contribution in [2.24, 2.45) is 0 Å². The van der Waals surface area contributed by atoms with Crippen LogP contribution in [0.15, 0.2) is 42.5 Å². The molecule has 2 aromatic carbocycles. The van der Waals surface area contributed by atoms with Crippen LogP contribution in [0, 0.1) is 0 Å². The monoisotopic (exact) mass is 291 g/mol. The van der Waals surface area contributed by atoms with E-state index in [1.165, 1.54) is 0 Å². The second kappa shape index (κ2) is 6.64. The SMILES string of the molecule is COc1cccc([C@@H](C)NCc2c(O)cccc2Cl)c1. The van der Waals surface area contributed by atoms with Crippen LogP contribution in [0.25, 0.3) is 0 Å². The average molecular weight is 292 g/mol. The summed E-state index contributed by atoms with van der Waals surface area (Å²) in [5.41, 5.74) is 1.83. The molecule has 2 rings (SSSR count). The second-order valence-electron chi connectivity index (χ2n) is 4.62. The van der Waals surface area contributed by atoms with E-state index in [9.17, 15) is 5.11 Å². The predicted octanol–water partition coefficient (Wildman–Crippen LogP) is 3.91. The number of aromatic hydroxyl groups is 1. The molecule has 0 aromatic heterocycles. The lowest BCUT2D eigenvalue weighted by Crippen LogP contribution is -2.18. The van der Waals surface area contributed by atoms with Gasteiger partial charge in [0, 0.05) is 23.2 Å². The fourth-order valence-electron chi connectivity index (χ4n) is 2.01. The number of hydrogen-bond acceptors (Lipinski definition) is 3. The minimum Gasteiger partial charge on any atom is -0.508 e. The van der Waals surface area contributed by atoms with E-state index >= 15 is 0 Å². The van der Waals surface area contributed by atoms with Crippen molar-refractivity contribution in [2.45, 2.75) is 19.5 Å². The van der Waals surface area contributed by atoms with Crippen molar-refractivity contribution in [2.75, 3.05) is 7.11 Å². The topological polar surface area (TPSA) is 41.5 Å². The maximum atomic E-state index is 9.81. The number of ether oxygens (including phenoxy) is 1. The molecule has 0 radical (unpaired) electrons. The van der Waals surface area contributed by atoms with Crippen LogP contribution in [0.1, 0.15) is 24.1 Å². The first-order chi connectivity index (χ1) is 9.61. The van der Waals surface area contributed by atoms with E-state index in [0.29, 0.717) is 17.1 Å². The highest BCUT2D eigenvalue weighted by Gasteiger charge is 2.10. The number of hydrogen-bond donors (Lipinski definition) is 2. The second-order valence-corrected chi connectivity index (χ2v) is 5.02. The van der Waals surface area contributed by atoms with Crippen molar-refractivity contribution in [1.82, 2.24) is 5.32 Å². The molecule has 106 valence electrons. The van der Waals surface area contributed by atoms with Gasteiger partial charge >= 0.3 is 0 Å². The Morgan fingerprint density at radius 1 is 1.25 bits per heavy atom. The summed E-state index contributed by atoms with van der Waals surface area (Å²) in [6.07, 6.45) is 0. The van der Waals surface area contributed by atoms with Gasteiger partial charge in [-0.3, -0.25) is 0 Å². The van der Waals surface area contributed by atoms with Gasteiger partial charge in [-0.2, -0.15) is 0 Å². The Morgan fingerprint density at radius 3 is 2.70 bits per heavy atom. The molecule has 0 spiro atoms. The lowest BCUT2D eigenvalue weighted by Gasteiger charge is -2.16. The van der Waals surface area contributed by atoms with E-state index in [1.807, 2.05) is 24.3 Å². The molecule has 0 aliphatic rings. The van der Waals surface area contributed by atoms with Crippen molar-refractivity contribution >= 4 is 11.6 Å². The highest BCUT2D eigenvalue weighted by molar-refractivity contribution is 6.31. The molecule has 0 saturated heterocycles. The number of methoxy groups -OCH3 is 1. The Morgan fingerprint density at radius 2 is 2.00 bits per heavy atom. The number of rotatable bonds is 5. The summed E-state index contributed by atoms with van der Waals surface area (Å²) >= 11 is 6.09. The summed E-state index contributed by atoms with van der Waals surface area (Å²) in [4.78, 5) is 0. The van der Waals surface area contributed by atoms with Gasteiger partial charge < -0.3 is 15.2 Å². The summed E-state index contributed by atoms with van der Waals surface area (Å²) in [6, 6.07) is 13.2. The van der Waals surface area contributed by atoms with Crippen molar-refractivity contribution in [1.29, 1.82) is 0 Å². The third kappa shape index (κ3) is 3.44. The van der Waals surface area contributed by atoms with Gasteiger partial charge in [0.25, 0.3) is 0 Å². The smallest absolute Gasteiger partial charge is 0.121 e. The van der Waals surface area contributed by atoms with Crippen molar-refractivity contribution in [3.63, 3.8) is 0 Å². The Balaban J connectivity index is 2.06. The van der Waals surface area contributed by atoms with Gasteiger partial charge in [-0.05, 0) is 36.8 Å². The molecule has 0 saturated carbocycles. The van der Waals surface area contributed by atoms with E-state index in [2.05, 4.69) is 12.2 Å². The van der Waals surface area contributed by atoms with E-state index in [-0.39, 0.29) is 11.8 Å². The molecule has 2 aromatic rings. The molecule has 0 bridgehead atoms. The number of nitrogens with one attached hydrogen (secondary N) is 1. The van der Waals surface area contributed by atoms with E-state index in [1.54, 1.807) is 25.3 Å². The zero-order chi connectivity index (χ0) is 14.5. The molecular formula is C16H18ClNO2. The van der Waals surface area contributed by atoms with Gasteiger partial charge in [-0.1, -0.05) is 29.8 Å². The third-order valence-electron chi connectivity index (χ3n) is 3.27. The lowest BCUT2D eigenvalue weighted by atomic mass is 10.1. The van der Waals surface area contributed by atoms with Crippen LogP contribution < -0.4 is 10.1 Å². The van der Waals surface area contributed by atoms with E-state index in [0.717, 1.165) is 11.3 Å². The largest absolute Gasteiger partial charge is 0.508 e. The normalized spacial score (nSPS) is 12.2. The first kappa shape index (κ1) is 14.7. The molecule has 3 nitrogen and oxygen atoms in total. The Labute approximate surface area is 124 Å². The van der Waals surface area contributed by atoms with Gasteiger partial charge in [0.1, 0.15) is 11.5 Å². The van der Waals surface area contributed by atoms with Gasteiger partial charge in [-0.15, -0.1) is 0 Å². The van der Waals surface area contributed by atoms with Crippen LogP contribution in [0.4, 0.5) is 0 Å². The molecule has 0 fully saturated rings. The highest BCUT2D eigenvalue weighted by atomic mass is 35.5. The fraction of sp³-hybridized carbons (Fsp3) is 0.250. The predicted molar refractivity (Wildman–Crippen MR) is 81.4 cm³/mol. The number of phenols is 1. The quantitative estimate of drug-likeness (QED) is 0.878. The van der Waals surface area contributed by atoms with Crippen LogP contribution in [0.2, 0.25) is 5.02 Å². The van der Waals surface area contributed by atoms with Crippen molar-refractivity contribution < 1.29 is 9.84 Å². The van der Waals surface area contributed by atoms with E-state index < -0.39 is 0 Å². The van der Waals surface area contributed by atoms with Crippen LogP contribution in [0.3, 0.4) is 0 Å². The van der Waals surface area contributed by atoms with Crippen LogP contribution >= 0.6 is 11.6 Å². The molecule has 1 atom stereocenters. The van der Waals surface area contributed by atoms with Crippen LogP contribution in [-0.2, 0) is 6.54 Å². The molecular weight excluding hydrogens is 274 g/mol. The Hall–Kier alpha value is -1.71. The van der Waals surface area contributed by atoms with Crippen LogP contribution in [-0.4, -0.2) is 12.2 Å². The average Bonchev–Trinajstić information content (AvgIpc) is 2.46. The summed E-state index contributed by atoms with van der Waals surface area (Å²) in [5.74, 6) is 1.04. The highest BCUT2D eigenvalue weighted by Crippen LogP contribution is 2.26. The molecule has 0 amide bonds. The Kier molecular flexibility index (Phi) is 4.88. The molecule has 2 N–H and O–H groups in total. The minimum absolute atomic E-state index is 0.126. The van der Waals surface area contributed by atoms with Crippen molar-refractivity contribution in [3.05, 3.63) is 58.6 Å². The fourth-order valence-corrected chi connectivity index (χ4v) is 2.24. The standard InChI is InChI=1S/C16H18ClNO2/c1-11(12-5-3-6-13(9-12)20-2)18-10-14-15(17)7-4-8-16(14)19/h3-9,11,18-19H,10H2,1-2H3/t11-/m1/s1. The third-order valence-corrected chi connectivity index (χ3v) is 3.63. The van der Waals surface area contributed by atoms with E-state index in [4.69, 9.17) is 16.3 Å². The number of halogens is 1. The van der Waals surface area contributed by atoms with Gasteiger partial charge in [-0.25, -0.2) is 0 Å². The first-order valence-electron chi connectivity index (χ1n) is 6.45. The van der Waals surface area contributed by atoms with Crippen molar-refractivity contribution in [3.8, 4) is 11.5 Å². The maximum absolute atomic E-state index is 9.81. The lowest BCUT2D eigenvalue weighted by molar-refractivity contribution is 0.413. The summed E-state index contributed by atoms with van der Waals surface area (Å²) in [7, 11) is 1.65. The number of phenolic OH excluding ortho intramolecular Hbond substituents is 1. The zero-order valence-electron chi connectivity index (χ0n) is 11.6. The summed E-state index contributed by atoms with van der Waals surface area (Å²) in [5, 5.41) is 13.7. The number of benzene rings is 2. The van der Waals surface area contributed by atoms with Gasteiger partial charge in [0.2, 0.25) is 0 Å². The van der Waals surface area contributed by atoms with Gasteiger partial charge in [0.05, 0.1) is 7.11 Å². The Bertz CT molecular complexity index is 566. The maximum Gasteiger partial charge on any atom is 0.121 e. The first-order valence-corrected chi connectivity index (χ1v) is 6.83. The summed E-state index contributed by atoms with van der Waals surface area (Å²) < 4.78 is 5.22.